The molecule has 0 saturated heterocycles. The van der Waals surface area contributed by atoms with Crippen LogP contribution in [0.2, 0.25) is 0 Å². The van der Waals surface area contributed by atoms with Crippen molar-refractivity contribution in [2.45, 2.75) is 13.8 Å². The number of fused-ring (bicyclic) bond motifs is 1. The third-order valence-corrected chi connectivity index (χ3v) is 3.82. The number of carbonyl (C=O) groups excluding carboxylic acids is 2. The Morgan fingerprint density at radius 1 is 1.12 bits per heavy atom. The summed E-state index contributed by atoms with van der Waals surface area (Å²) in [6.45, 7) is 3.73. The standard InChI is InChI=1S/C18H17N3O3/c1-11-7-6-10-21-15(12(2)19-16(11)21)17(22)20-14-9-5-4-8-13(14)18(23)24-3/h4-10H,1-3H3,(H,20,22). The summed E-state index contributed by atoms with van der Waals surface area (Å²) in [5.74, 6) is -0.835. The minimum absolute atomic E-state index is 0.302. The maximum Gasteiger partial charge on any atom is 0.339 e. The van der Waals surface area contributed by atoms with Gasteiger partial charge >= 0.3 is 5.97 Å². The molecule has 122 valence electrons. The third-order valence-electron chi connectivity index (χ3n) is 3.82. The predicted molar refractivity (Wildman–Crippen MR) is 90.4 cm³/mol. The van der Waals surface area contributed by atoms with Crippen molar-refractivity contribution < 1.29 is 14.3 Å². The zero-order valence-electron chi connectivity index (χ0n) is 13.7. The van der Waals surface area contributed by atoms with E-state index in [4.69, 9.17) is 4.74 Å². The van der Waals surface area contributed by atoms with E-state index in [1.807, 2.05) is 19.1 Å². The van der Waals surface area contributed by atoms with E-state index in [-0.39, 0.29) is 5.91 Å². The third kappa shape index (κ3) is 2.62. The van der Waals surface area contributed by atoms with Crippen molar-refractivity contribution in [2.75, 3.05) is 12.4 Å². The normalized spacial score (nSPS) is 10.6. The van der Waals surface area contributed by atoms with Gasteiger partial charge in [-0.3, -0.25) is 9.20 Å². The minimum Gasteiger partial charge on any atom is -0.465 e. The van der Waals surface area contributed by atoms with Gasteiger partial charge in [-0.25, -0.2) is 9.78 Å². The molecule has 0 radical (unpaired) electrons. The molecular weight excluding hydrogens is 306 g/mol. The number of benzene rings is 1. The number of aryl methyl sites for hydroxylation is 2. The molecule has 1 N–H and O–H groups in total. The number of pyridine rings is 1. The molecule has 0 fully saturated rings. The van der Waals surface area contributed by atoms with Gasteiger partial charge < -0.3 is 10.1 Å². The molecule has 0 aliphatic rings. The average Bonchev–Trinajstić information content (AvgIpc) is 2.92. The van der Waals surface area contributed by atoms with E-state index in [2.05, 4.69) is 10.3 Å². The van der Waals surface area contributed by atoms with Gasteiger partial charge in [0.1, 0.15) is 11.3 Å². The van der Waals surface area contributed by atoms with Gasteiger partial charge in [0.05, 0.1) is 24.1 Å². The first-order valence-corrected chi connectivity index (χ1v) is 7.46. The molecule has 2 aromatic heterocycles. The van der Waals surface area contributed by atoms with E-state index in [1.54, 1.807) is 41.8 Å². The van der Waals surface area contributed by atoms with E-state index < -0.39 is 5.97 Å². The second-order valence-electron chi connectivity index (χ2n) is 5.42. The molecule has 24 heavy (non-hydrogen) atoms. The Labute approximate surface area is 139 Å². The highest BCUT2D eigenvalue weighted by molar-refractivity contribution is 6.08. The Balaban J connectivity index is 2.02. The van der Waals surface area contributed by atoms with Gasteiger partial charge in [-0.2, -0.15) is 0 Å². The number of rotatable bonds is 3. The lowest BCUT2D eigenvalue weighted by atomic mass is 10.1. The largest absolute Gasteiger partial charge is 0.465 e. The molecule has 0 aliphatic heterocycles. The Bertz CT molecular complexity index is 944. The van der Waals surface area contributed by atoms with E-state index in [0.717, 1.165) is 11.2 Å². The maximum atomic E-state index is 12.8. The first-order valence-electron chi connectivity index (χ1n) is 7.46. The first kappa shape index (κ1) is 15.7. The van der Waals surface area contributed by atoms with Gasteiger partial charge in [0.2, 0.25) is 0 Å². The summed E-state index contributed by atoms with van der Waals surface area (Å²) < 4.78 is 6.50. The molecule has 0 unspecified atom stereocenters. The van der Waals surface area contributed by atoms with Crippen LogP contribution in [0.25, 0.3) is 5.65 Å². The quantitative estimate of drug-likeness (QED) is 0.752. The van der Waals surface area contributed by atoms with Crippen molar-refractivity contribution in [2.24, 2.45) is 0 Å². The summed E-state index contributed by atoms with van der Waals surface area (Å²) in [6.07, 6.45) is 1.80. The van der Waals surface area contributed by atoms with Gasteiger partial charge in [0.25, 0.3) is 5.91 Å². The van der Waals surface area contributed by atoms with Crippen molar-refractivity contribution in [1.82, 2.24) is 9.38 Å². The molecule has 6 heteroatoms. The summed E-state index contributed by atoms with van der Waals surface area (Å²) in [5, 5.41) is 2.78. The molecule has 0 atom stereocenters. The zero-order valence-corrected chi connectivity index (χ0v) is 13.7. The highest BCUT2D eigenvalue weighted by Gasteiger charge is 2.20. The highest BCUT2D eigenvalue weighted by Crippen LogP contribution is 2.20. The van der Waals surface area contributed by atoms with E-state index >= 15 is 0 Å². The van der Waals surface area contributed by atoms with Gasteiger partial charge in [-0.1, -0.05) is 18.2 Å². The topological polar surface area (TPSA) is 72.7 Å². The van der Waals surface area contributed by atoms with Crippen LogP contribution in [0.5, 0.6) is 0 Å². The van der Waals surface area contributed by atoms with Crippen molar-refractivity contribution in [3.8, 4) is 0 Å². The van der Waals surface area contributed by atoms with Crippen LogP contribution in [0.4, 0.5) is 5.69 Å². The lowest BCUT2D eigenvalue weighted by Crippen LogP contribution is -2.18. The van der Waals surface area contributed by atoms with Gasteiger partial charge in [0, 0.05) is 6.20 Å². The Hall–Kier alpha value is -3.15. The maximum absolute atomic E-state index is 12.8. The lowest BCUT2D eigenvalue weighted by molar-refractivity contribution is 0.0602. The van der Waals surface area contributed by atoms with E-state index in [9.17, 15) is 9.59 Å². The van der Waals surface area contributed by atoms with E-state index in [0.29, 0.717) is 22.6 Å². The molecule has 1 amide bonds. The van der Waals surface area contributed by atoms with Crippen molar-refractivity contribution in [3.63, 3.8) is 0 Å². The SMILES string of the molecule is COC(=O)c1ccccc1NC(=O)c1c(C)nc2c(C)cccn12. The predicted octanol–water partition coefficient (Wildman–Crippen LogP) is 2.99. The molecule has 3 rings (SSSR count). The van der Waals surface area contributed by atoms with Gasteiger partial charge in [-0.15, -0.1) is 0 Å². The number of para-hydroxylation sites is 1. The molecule has 2 heterocycles. The molecule has 0 aliphatic carbocycles. The van der Waals surface area contributed by atoms with Gasteiger partial charge in [0.15, 0.2) is 0 Å². The van der Waals surface area contributed by atoms with Crippen LogP contribution in [-0.4, -0.2) is 28.4 Å². The number of nitrogens with zero attached hydrogens (tertiary/aromatic N) is 2. The summed E-state index contributed by atoms with van der Waals surface area (Å²) >= 11 is 0. The van der Waals surface area contributed by atoms with Crippen LogP contribution in [0.3, 0.4) is 0 Å². The fourth-order valence-corrected chi connectivity index (χ4v) is 2.65. The fourth-order valence-electron chi connectivity index (χ4n) is 2.65. The summed E-state index contributed by atoms with van der Waals surface area (Å²) in [7, 11) is 1.30. The monoisotopic (exact) mass is 323 g/mol. The Kier molecular flexibility index (Phi) is 4.04. The molecule has 0 bridgehead atoms. The number of anilines is 1. The number of esters is 1. The minimum atomic E-state index is -0.503. The average molecular weight is 323 g/mol. The van der Waals surface area contributed by atoms with Gasteiger partial charge in [-0.05, 0) is 37.6 Å². The van der Waals surface area contributed by atoms with Crippen LogP contribution >= 0.6 is 0 Å². The van der Waals surface area contributed by atoms with Crippen LogP contribution in [0, 0.1) is 13.8 Å². The molecular formula is C18H17N3O3. The van der Waals surface area contributed by atoms with Crippen LogP contribution in [-0.2, 0) is 4.74 Å². The molecule has 3 aromatic rings. The second kappa shape index (κ2) is 6.16. The first-order chi connectivity index (χ1) is 11.5. The van der Waals surface area contributed by atoms with Crippen molar-refractivity contribution in [1.29, 1.82) is 0 Å². The number of hydrogen-bond acceptors (Lipinski definition) is 4. The summed E-state index contributed by atoms with van der Waals surface area (Å²) in [4.78, 5) is 29.1. The van der Waals surface area contributed by atoms with Crippen LogP contribution < -0.4 is 5.32 Å². The molecule has 0 saturated carbocycles. The number of imidazole rings is 1. The Morgan fingerprint density at radius 3 is 2.62 bits per heavy atom. The number of aromatic nitrogens is 2. The van der Waals surface area contributed by atoms with Crippen LogP contribution in [0.1, 0.15) is 32.1 Å². The number of hydrogen-bond donors (Lipinski definition) is 1. The summed E-state index contributed by atoms with van der Waals surface area (Å²) in [6, 6.07) is 10.5. The summed E-state index contributed by atoms with van der Waals surface area (Å²) in [5.41, 5.74) is 3.48. The number of ether oxygens (including phenoxy) is 1. The van der Waals surface area contributed by atoms with Crippen molar-refractivity contribution >= 4 is 23.2 Å². The lowest BCUT2D eigenvalue weighted by Gasteiger charge is -2.10. The Morgan fingerprint density at radius 2 is 1.88 bits per heavy atom. The fraction of sp³-hybridized carbons (Fsp3) is 0.167. The zero-order chi connectivity index (χ0) is 17.3. The molecule has 0 spiro atoms. The molecule has 1 aromatic carbocycles. The second-order valence-corrected chi connectivity index (χ2v) is 5.42. The number of amides is 1. The number of carbonyl (C=O) groups is 2. The number of methoxy groups -OCH3 is 1. The number of nitrogens with one attached hydrogen (secondary N) is 1. The van der Waals surface area contributed by atoms with E-state index in [1.165, 1.54) is 7.11 Å². The van der Waals surface area contributed by atoms with Crippen LogP contribution in [0.15, 0.2) is 42.6 Å². The highest BCUT2D eigenvalue weighted by atomic mass is 16.5. The smallest absolute Gasteiger partial charge is 0.339 e. The van der Waals surface area contributed by atoms with Crippen molar-refractivity contribution in [3.05, 3.63) is 65.1 Å². The molecule has 6 nitrogen and oxygen atoms in total.